The topological polar surface area (TPSA) is 99.2 Å². The predicted molar refractivity (Wildman–Crippen MR) is 102 cm³/mol. The van der Waals surface area contributed by atoms with Gasteiger partial charge >= 0.3 is 0 Å². The highest BCUT2D eigenvalue weighted by molar-refractivity contribution is 5.98. The lowest BCUT2D eigenvalue weighted by Crippen LogP contribution is -2.58. The highest BCUT2D eigenvalue weighted by Gasteiger charge is 2.36. The van der Waals surface area contributed by atoms with Gasteiger partial charge in [0.1, 0.15) is 5.54 Å². The number of rotatable bonds is 7. The van der Waals surface area contributed by atoms with Gasteiger partial charge in [0.05, 0.1) is 12.3 Å². The number of ether oxygens (including phenoxy) is 1. The summed E-state index contributed by atoms with van der Waals surface area (Å²) in [5, 5.41) is 7.28. The van der Waals surface area contributed by atoms with Gasteiger partial charge in [-0.25, -0.2) is 4.68 Å². The van der Waals surface area contributed by atoms with E-state index in [1.54, 1.807) is 6.92 Å². The van der Waals surface area contributed by atoms with E-state index in [2.05, 4.69) is 29.5 Å². The van der Waals surface area contributed by atoms with E-state index in [4.69, 9.17) is 10.5 Å². The molecule has 1 aromatic carbocycles. The molecule has 3 N–H and O–H groups in total. The number of fused-ring (bicyclic) bond motifs is 1. The van der Waals surface area contributed by atoms with Crippen LogP contribution in [0, 0.1) is 0 Å². The van der Waals surface area contributed by atoms with Crippen LogP contribution in [-0.2, 0) is 28.8 Å². The monoisotopic (exact) mass is 370 g/mol. The molecule has 0 fully saturated rings. The van der Waals surface area contributed by atoms with Crippen LogP contribution in [0.4, 0.5) is 0 Å². The normalized spacial score (nSPS) is 15.2. The number of amides is 2. The quantitative estimate of drug-likeness (QED) is 0.772. The highest BCUT2D eigenvalue weighted by atomic mass is 16.5. The van der Waals surface area contributed by atoms with Crippen molar-refractivity contribution in [3.05, 3.63) is 46.8 Å². The highest BCUT2D eigenvalue weighted by Crippen LogP contribution is 2.28. The number of carbonyl (C=O) groups is 2. The van der Waals surface area contributed by atoms with Gasteiger partial charge in [-0.15, -0.1) is 0 Å². The molecule has 1 aromatic heterocycles. The summed E-state index contributed by atoms with van der Waals surface area (Å²) in [4.78, 5) is 24.7. The third-order valence-electron chi connectivity index (χ3n) is 5.10. The number of aryl methyl sites for hydroxylation is 1. The SMILES string of the molecule is CCc1ccc(-n2nc(C(=O)N[C@@](C)(COC)C(N)=O)c3c2CCC3)cc1. The van der Waals surface area contributed by atoms with Crippen molar-refractivity contribution in [2.75, 3.05) is 13.7 Å². The number of primary amides is 1. The van der Waals surface area contributed by atoms with E-state index in [0.29, 0.717) is 5.69 Å². The zero-order valence-electron chi connectivity index (χ0n) is 16.0. The Balaban J connectivity index is 1.95. The molecular formula is C20H26N4O3. The Morgan fingerprint density at radius 3 is 2.59 bits per heavy atom. The number of nitrogens with two attached hydrogens (primary N) is 1. The molecule has 2 amide bonds. The van der Waals surface area contributed by atoms with Gasteiger partial charge < -0.3 is 15.8 Å². The molecule has 27 heavy (non-hydrogen) atoms. The molecule has 1 aliphatic carbocycles. The molecule has 1 heterocycles. The van der Waals surface area contributed by atoms with Gasteiger partial charge in [-0.2, -0.15) is 5.10 Å². The number of nitrogens with one attached hydrogen (secondary N) is 1. The van der Waals surface area contributed by atoms with Crippen LogP contribution in [0.1, 0.15) is 47.6 Å². The van der Waals surface area contributed by atoms with Crippen molar-refractivity contribution in [3.8, 4) is 5.69 Å². The molecular weight excluding hydrogens is 344 g/mol. The molecule has 0 saturated carbocycles. The van der Waals surface area contributed by atoms with Crippen molar-refractivity contribution >= 4 is 11.8 Å². The second-order valence-electron chi connectivity index (χ2n) is 7.14. The maximum absolute atomic E-state index is 12.9. The summed E-state index contributed by atoms with van der Waals surface area (Å²) in [7, 11) is 1.46. The third-order valence-corrected chi connectivity index (χ3v) is 5.10. The Kier molecular flexibility index (Phi) is 5.32. The lowest BCUT2D eigenvalue weighted by molar-refractivity contribution is -0.125. The third kappa shape index (κ3) is 3.60. The lowest BCUT2D eigenvalue weighted by atomic mass is 10.0. The van der Waals surface area contributed by atoms with Crippen molar-refractivity contribution < 1.29 is 14.3 Å². The molecule has 0 radical (unpaired) electrons. The second kappa shape index (κ2) is 7.52. The molecule has 0 bridgehead atoms. The minimum Gasteiger partial charge on any atom is -0.382 e. The fourth-order valence-corrected chi connectivity index (χ4v) is 3.47. The molecule has 3 rings (SSSR count). The van der Waals surface area contributed by atoms with Crippen LogP contribution >= 0.6 is 0 Å². The summed E-state index contributed by atoms with van der Waals surface area (Å²) in [5.41, 5.74) is 8.70. The van der Waals surface area contributed by atoms with Crippen molar-refractivity contribution in [3.63, 3.8) is 0 Å². The van der Waals surface area contributed by atoms with Gasteiger partial charge in [0, 0.05) is 18.4 Å². The zero-order valence-corrected chi connectivity index (χ0v) is 16.0. The van der Waals surface area contributed by atoms with Crippen LogP contribution in [0.5, 0.6) is 0 Å². The van der Waals surface area contributed by atoms with Gasteiger partial charge in [-0.3, -0.25) is 9.59 Å². The van der Waals surface area contributed by atoms with Crippen molar-refractivity contribution in [2.45, 2.75) is 45.1 Å². The number of carbonyl (C=O) groups excluding carboxylic acids is 2. The van der Waals surface area contributed by atoms with Crippen LogP contribution in [0.15, 0.2) is 24.3 Å². The Labute approximate surface area is 158 Å². The average molecular weight is 370 g/mol. The minimum atomic E-state index is -1.29. The summed E-state index contributed by atoms with van der Waals surface area (Å²) in [5.74, 6) is -1.06. The fourth-order valence-electron chi connectivity index (χ4n) is 3.47. The molecule has 0 spiro atoms. The van der Waals surface area contributed by atoms with Crippen molar-refractivity contribution in [1.29, 1.82) is 0 Å². The van der Waals surface area contributed by atoms with Crippen LogP contribution in [-0.4, -0.2) is 40.9 Å². The first kappa shape index (κ1) is 19.1. The Hall–Kier alpha value is -2.67. The smallest absolute Gasteiger partial charge is 0.273 e. The van der Waals surface area contributed by atoms with E-state index in [1.165, 1.54) is 12.7 Å². The maximum atomic E-state index is 12.9. The number of hydrogen-bond acceptors (Lipinski definition) is 4. The molecule has 7 heteroatoms. The fraction of sp³-hybridized carbons (Fsp3) is 0.450. The molecule has 0 saturated heterocycles. The first-order chi connectivity index (χ1) is 12.9. The number of hydrogen-bond donors (Lipinski definition) is 2. The summed E-state index contributed by atoms with van der Waals surface area (Å²) in [6.45, 7) is 3.66. The van der Waals surface area contributed by atoms with Gasteiger partial charge in [0.2, 0.25) is 5.91 Å². The lowest BCUT2D eigenvalue weighted by Gasteiger charge is -2.26. The maximum Gasteiger partial charge on any atom is 0.273 e. The van der Waals surface area contributed by atoms with E-state index in [9.17, 15) is 9.59 Å². The van der Waals surface area contributed by atoms with E-state index >= 15 is 0 Å². The van der Waals surface area contributed by atoms with E-state index < -0.39 is 17.4 Å². The molecule has 1 atom stereocenters. The van der Waals surface area contributed by atoms with Crippen LogP contribution < -0.4 is 11.1 Å². The largest absolute Gasteiger partial charge is 0.382 e. The van der Waals surface area contributed by atoms with Gasteiger partial charge in [-0.05, 0) is 50.3 Å². The van der Waals surface area contributed by atoms with Crippen molar-refractivity contribution in [2.24, 2.45) is 5.73 Å². The van der Waals surface area contributed by atoms with Crippen LogP contribution in [0.2, 0.25) is 0 Å². The number of nitrogens with zero attached hydrogens (tertiary/aromatic N) is 2. The van der Waals surface area contributed by atoms with E-state index in [-0.39, 0.29) is 6.61 Å². The molecule has 7 nitrogen and oxygen atoms in total. The summed E-state index contributed by atoms with van der Waals surface area (Å²) < 4.78 is 6.89. The number of methoxy groups -OCH3 is 1. The summed E-state index contributed by atoms with van der Waals surface area (Å²) in [6, 6.07) is 8.18. The van der Waals surface area contributed by atoms with Gasteiger partial charge in [0.15, 0.2) is 5.69 Å². The van der Waals surface area contributed by atoms with Crippen LogP contribution in [0.25, 0.3) is 5.69 Å². The predicted octanol–water partition coefficient (Wildman–Crippen LogP) is 1.54. The van der Waals surface area contributed by atoms with Crippen LogP contribution in [0.3, 0.4) is 0 Å². The zero-order chi connectivity index (χ0) is 19.6. The minimum absolute atomic E-state index is 0.00451. The first-order valence-corrected chi connectivity index (χ1v) is 9.21. The van der Waals surface area contributed by atoms with Crippen molar-refractivity contribution in [1.82, 2.24) is 15.1 Å². The standard InChI is InChI=1S/C20H26N4O3/c1-4-13-8-10-14(11-9-13)24-16-7-5-6-15(16)17(23-24)18(25)22-20(2,12-27-3)19(21)26/h8-11H,4-7,12H2,1-3H3,(H2,21,26)(H,22,25)/t20-/m0/s1. The Morgan fingerprint density at radius 2 is 2.00 bits per heavy atom. The Morgan fingerprint density at radius 1 is 1.30 bits per heavy atom. The average Bonchev–Trinajstić information content (AvgIpc) is 3.24. The van der Waals surface area contributed by atoms with E-state index in [0.717, 1.165) is 42.6 Å². The molecule has 144 valence electrons. The number of benzene rings is 1. The Bertz CT molecular complexity index is 857. The molecule has 0 aliphatic heterocycles. The molecule has 2 aromatic rings. The van der Waals surface area contributed by atoms with Gasteiger partial charge in [-0.1, -0.05) is 19.1 Å². The van der Waals surface area contributed by atoms with Gasteiger partial charge in [0.25, 0.3) is 5.91 Å². The number of aromatic nitrogens is 2. The molecule has 1 aliphatic rings. The first-order valence-electron chi connectivity index (χ1n) is 9.21. The molecule has 0 unspecified atom stereocenters. The second-order valence-corrected chi connectivity index (χ2v) is 7.14. The summed E-state index contributed by atoms with van der Waals surface area (Å²) in [6.07, 6.45) is 3.61. The summed E-state index contributed by atoms with van der Waals surface area (Å²) >= 11 is 0. The van der Waals surface area contributed by atoms with E-state index in [1.807, 2.05) is 16.8 Å².